The minimum absolute atomic E-state index is 0.00117. The van der Waals surface area contributed by atoms with Gasteiger partial charge in [-0.3, -0.25) is 9.59 Å². The number of carbonyl (C=O) groups is 2. The summed E-state index contributed by atoms with van der Waals surface area (Å²) in [5.74, 6) is -0.955. The first-order chi connectivity index (χ1) is 16.3. The SMILES string of the molecule is CCOc1cccc(C(O)=C2C(=O)C(=O)N(Cc3ccco3)C2c2cc(Br)c(O)c(OC)c2)c1. The van der Waals surface area contributed by atoms with E-state index in [0.717, 1.165) is 0 Å². The number of aliphatic hydroxyl groups excluding tert-OH is 1. The van der Waals surface area contributed by atoms with Crippen LogP contribution in [-0.2, 0) is 16.1 Å². The molecule has 34 heavy (non-hydrogen) atoms. The van der Waals surface area contributed by atoms with Crippen LogP contribution in [0.4, 0.5) is 0 Å². The van der Waals surface area contributed by atoms with Crippen molar-refractivity contribution in [2.24, 2.45) is 0 Å². The van der Waals surface area contributed by atoms with Crippen LogP contribution in [0.3, 0.4) is 0 Å². The van der Waals surface area contributed by atoms with E-state index in [-0.39, 0.29) is 29.4 Å². The molecule has 0 aliphatic carbocycles. The molecule has 9 heteroatoms. The topological polar surface area (TPSA) is 109 Å². The van der Waals surface area contributed by atoms with Crippen LogP contribution in [0, 0.1) is 0 Å². The van der Waals surface area contributed by atoms with E-state index in [1.54, 1.807) is 42.5 Å². The maximum atomic E-state index is 13.2. The summed E-state index contributed by atoms with van der Waals surface area (Å²) in [5, 5.41) is 21.5. The van der Waals surface area contributed by atoms with Gasteiger partial charge in [-0.05, 0) is 64.8 Å². The van der Waals surface area contributed by atoms with Gasteiger partial charge in [-0.1, -0.05) is 12.1 Å². The number of hydrogen-bond acceptors (Lipinski definition) is 7. The summed E-state index contributed by atoms with van der Waals surface area (Å²) in [6.07, 6.45) is 1.47. The quantitative estimate of drug-likeness (QED) is 0.258. The molecule has 1 saturated heterocycles. The van der Waals surface area contributed by atoms with Crippen molar-refractivity contribution in [2.45, 2.75) is 19.5 Å². The lowest BCUT2D eigenvalue weighted by molar-refractivity contribution is -0.140. The van der Waals surface area contributed by atoms with Gasteiger partial charge >= 0.3 is 0 Å². The van der Waals surface area contributed by atoms with Crippen molar-refractivity contribution >= 4 is 33.4 Å². The molecule has 176 valence electrons. The highest BCUT2D eigenvalue weighted by Gasteiger charge is 2.46. The number of nitrogens with zero attached hydrogens (tertiary/aromatic N) is 1. The van der Waals surface area contributed by atoms with E-state index in [4.69, 9.17) is 13.9 Å². The Bertz CT molecular complexity index is 1270. The second-order valence-corrected chi connectivity index (χ2v) is 8.38. The van der Waals surface area contributed by atoms with Crippen LogP contribution in [0.2, 0.25) is 0 Å². The average molecular weight is 528 g/mol. The number of rotatable bonds is 7. The molecule has 3 aromatic rings. The minimum Gasteiger partial charge on any atom is -0.507 e. The van der Waals surface area contributed by atoms with Crippen LogP contribution >= 0.6 is 15.9 Å². The fourth-order valence-electron chi connectivity index (χ4n) is 3.92. The Morgan fingerprint density at radius 2 is 1.97 bits per heavy atom. The van der Waals surface area contributed by atoms with E-state index < -0.39 is 17.7 Å². The molecule has 1 amide bonds. The summed E-state index contributed by atoms with van der Waals surface area (Å²) in [5.41, 5.74) is 0.691. The number of aliphatic hydroxyl groups is 1. The number of halogens is 1. The molecule has 2 heterocycles. The third-order valence-corrected chi connectivity index (χ3v) is 6.06. The second kappa shape index (κ2) is 9.64. The number of carbonyl (C=O) groups excluding carboxylic acids is 2. The third kappa shape index (κ3) is 4.26. The fourth-order valence-corrected chi connectivity index (χ4v) is 4.38. The van der Waals surface area contributed by atoms with Crippen LogP contribution < -0.4 is 9.47 Å². The van der Waals surface area contributed by atoms with Crippen LogP contribution in [0.15, 0.2) is 69.3 Å². The van der Waals surface area contributed by atoms with Gasteiger partial charge in [0.1, 0.15) is 17.3 Å². The van der Waals surface area contributed by atoms with E-state index in [0.29, 0.717) is 33.7 Å². The van der Waals surface area contributed by atoms with Crippen LogP contribution in [0.25, 0.3) is 5.76 Å². The normalized spacial score (nSPS) is 17.3. The van der Waals surface area contributed by atoms with E-state index in [9.17, 15) is 19.8 Å². The Labute approximate surface area is 204 Å². The zero-order valence-corrected chi connectivity index (χ0v) is 20.0. The number of aromatic hydroxyl groups is 1. The summed E-state index contributed by atoms with van der Waals surface area (Å²) in [4.78, 5) is 27.6. The Morgan fingerprint density at radius 1 is 1.18 bits per heavy atom. The highest BCUT2D eigenvalue weighted by Crippen LogP contribution is 2.45. The molecule has 4 rings (SSSR count). The second-order valence-electron chi connectivity index (χ2n) is 7.52. The Morgan fingerprint density at radius 3 is 2.65 bits per heavy atom. The molecule has 2 N–H and O–H groups in total. The maximum absolute atomic E-state index is 13.2. The van der Waals surface area contributed by atoms with E-state index in [1.165, 1.54) is 24.3 Å². The lowest BCUT2D eigenvalue weighted by Crippen LogP contribution is -2.29. The maximum Gasteiger partial charge on any atom is 0.296 e. The largest absolute Gasteiger partial charge is 0.507 e. The van der Waals surface area contributed by atoms with Crippen LogP contribution in [-0.4, -0.2) is 40.5 Å². The lowest BCUT2D eigenvalue weighted by atomic mass is 9.95. The standard InChI is InChI=1S/C25H22BrNO7/c1-3-33-16-7-4-6-14(10-16)22(28)20-21(15-11-18(26)23(29)19(12-15)32-2)27(25(31)24(20)30)13-17-8-5-9-34-17/h4-12,21,28-29H,3,13H2,1-2H3. The average Bonchev–Trinajstić information content (AvgIpc) is 3.43. The van der Waals surface area contributed by atoms with Crippen molar-refractivity contribution < 1.29 is 33.7 Å². The summed E-state index contributed by atoms with van der Waals surface area (Å²) < 4.78 is 16.5. The number of Topliss-reactive ketones (excluding diaryl/α,β-unsaturated/α-hetero) is 1. The molecule has 1 aliphatic heterocycles. The van der Waals surface area contributed by atoms with Crippen molar-refractivity contribution in [3.8, 4) is 17.2 Å². The van der Waals surface area contributed by atoms with Crippen LogP contribution in [0.5, 0.6) is 17.2 Å². The monoisotopic (exact) mass is 527 g/mol. The predicted octanol–water partition coefficient (Wildman–Crippen LogP) is 4.78. The molecule has 1 atom stereocenters. The van der Waals surface area contributed by atoms with Crippen molar-refractivity contribution in [1.29, 1.82) is 0 Å². The molecule has 1 unspecified atom stereocenters. The summed E-state index contributed by atoms with van der Waals surface area (Å²) in [6.45, 7) is 2.26. The molecule has 1 fully saturated rings. The number of likely N-dealkylation sites (tertiary alicyclic amines) is 1. The Kier molecular flexibility index (Phi) is 6.65. The van der Waals surface area contributed by atoms with Gasteiger partial charge in [-0.2, -0.15) is 0 Å². The number of ketones is 1. The first-order valence-corrected chi connectivity index (χ1v) is 11.2. The number of ether oxygens (including phenoxy) is 2. The van der Waals surface area contributed by atoms with E-state index in [1.807, 2.05) is 6.92 Å². The van der Waals surface area contributed by atoms with Crippen LogP contribution in [0.1, 0.15) is 29.9 Å². The van der Waals surface area contributed by atoms with E-state index in [2.05, 4.69) is 15.9 Å². The number of amides is 1. The highest BCUT2D eigenvalue weighted by atomic mass is 79.9. The minimum atomic E-state index is -0.966. The van der Waals surface area contributed by atoms with Gasteiger partial charge in [0.15, 0.2) is 11.5 Å². The first-order valence-electron chi connectivity index (χ1n) is 10.5. The molecule has 1 aliphatic rings. The number of furan rings is 1. The summed E-state index contributed by atoms with van der Waals surface area (Å²) >= 11 is 3.29. The first kappa shape index (κ1) is 23.4. The van der Waals surface area contributed by atoms with Crippen molar-refractivity contribution in [2.75, 3.05) is 13.7 Å². The molecule has 0 bridgehead atoms. The van der Waals surface area contributed by atoms with Gasteiger partial charge in [-0.15, -0.1) is 0 Å². The van der Waals surface area contributed by atoms with Crippen molar-refractivity contribution in [1.82, 2.24) is 4.90 Å². The molecule has 0 spiro atoms. The number of benzene rings is 2. The van der Waals surface area contributed by atoms with Gasteiger partial charge in [-0.25, -0.2) is 0 Å². The molecule has 1 aromatic heterocycles. The lowest BCUT2D eigenvalue weighted by Gasteiger charge is -2.25. The van der Waals surface area contributed by atoms with Gasteiger partial charge < -0.3 is 29.0 Å². The zero-order valence-electron chi connectivity index (χ0n) is 18.4. The van der Waals surface area contributed by atoms with Crippen molar-refractivity contribution in [3.05, 3.63) is 81.7 Å². The number of methoxy groups -OCH3 is 1. The molecule has 2 aromatic carbocycles. The number of hydrogen-bond donors (Lipinski definition) is 2. The molecule has 0 radical (unpaired) electrons. The summed E-state index contributed by atoms with van der Waals surface area (Å²) in [7, 11) is 1.39. The van der Waals surface area contributed by atoms with Gasteiger partial charge in [0, 0.05) is 5.56 Å². The summed E-state index contributed by atoms with van der Waals surface area (Å²) in [6, 6.07) is 12.2. The zero-order chi connectivity index (χ0) is 24.4. The predicted molar refractivity (Wildman–Crippen MR) is 127 cm³/mol. The van der Waals surface area contributed by atoms with Gasteiger partial charge in [0.25, 0.3) is 11.7 Å². The Hall–Kier alpha value is -3.72. The van der Waals surface area contributed by atoms with Gasteiger partial charge in [0.05, 0.1) is 42.6 Å². The van der Waals surface area contributed by atoms with Gasteiger partial charge in [0.2, 0.25) is 0 Å². The molecular weight excluding hydrogens is 506 g/mol. The Balaban J connectivity index is 1.91. The molecule has 8 nitrogen and oxygen atoms in total. The van der Waals surface area contributed by atoms with E-state index >= 15 is 0 Å². The number of phenolic OH excluding ortho intramolecular Hbond substituents is 1. The smallest absolute Gasteiger partial charge is 0.296 e. The number of phenols is 1. The molecule has 0 saturated carbocycles. The third-order valence-electron chi connectivity index (χ3n) is 5.45. The fraction of sp³-hybridized carbons (Fsp3) is 0.200. The highest BCUT2D eigenvalue weighted by molar-refractivity contribution is 9.10. The molecular formula is C25H22BrNO7. The van der Waals surface area contributed by atoms with Crippen molar-refractivity contribution in [3.63, 3.8) is 0 Å².